The fourth-order valence-corrected chi connectivity index (χ4v) is 3.21. The second-order valence-electron chi connectivity index (χ2n) is 2.83. The number of halogens is 1. The smallest absolute Gasteiger partial charge is 0.100 e. The second kappa shape index (κ2) is 3.28. The van der Waals surface area contributed by atoms with Crippen LogP contribution in [-0.2, 0) is 0 Å². The van der Waals surface area contributed by atoms with Gasteiger partial charge in [-0.05, 0) is 58.0 Å². The lowest BCUT2D eigenvalue weighted by molar-refractivity contribution is 1.45. The number of benzene rings is 1. The van der Waals surface area contributed by atoms with E-state index in [1.807, 2.05) is 13.0 Å². The van der Waals surface area contributed by atoms with Crippen molar-refractivity contribution in [1.29, 1.82) is 5.26 Å². The number of nitriles is 1. The van der Waals surface area contributed by atoms with Crippen molar-refractivity contribution in [3.8, 4) is 6.07 Å². The minimum Gasteiger partial charge on any atom is -0.192 e. The molecule has 0 saturated heterocycles. The number of rotatable bonds is 0. The highest BCUT2D eigenvalue weighted by Crippen LogP contribution is 2.31. The third-order valence-electron chi connectivity index (χ3n) is 2.01. The van der Waals surface area contributed by atoms with Crippen molar-refractivity contribution in [3.63, 3.8) is 0 Å². The SMILES string of the molecule is Cc1cc(C#N)c(I)c2sccc12. The normalized spacial score (nSPS) is 10.2. The molecule has 0 radical (unpaired) electrons. The molecule has 0 aliphatic rings. The Hall–Kier alpha value is -0.600. The van der Waals surface area contributed by atoms with Crippen molar-refractivity contribution in [3.05, 3.63) is 32.2 Å². The Kier molecular flexibility index (Phi) is 2.26. The lowest BCUT2D eigenvalue weighted by Gasteiger charge is -2.00. The highest BCUT2D eigenvalue weighted by Gasteiger charge is 2.07. The molecule has 1 nitrogen and oxygen atoms in total. The van der Waals surface area contributed by atoms with Crippen LogP contribution >= 0.6 is 33.9 Å². The summed E-state index contributed by atoms with van der Waals surface area (Å²) in [4.78, 5) is 0. The molecular weight excluding hydrogens is 293 g/mol. The second-order valence-corrected chi connectivity index (χ2v) is 4.83. The van der Waals surface area contributed by atoms with E-state index in [9.17, 15) is 0 Å². The summed E-state index contributed by atoms with van der Waals surface area (Å²) in [5.41, 5.74) is 1.97. The van der Waals surface area contributed by atoms with Crippen LogP contribution in [0.15, 0.2) is 17.5 Å². The van der Waals surface area contributed by atoms with Gasteiger partial charge in [-0.1, -0.05) is 0 Å². The molecule has 2 aromatic rings. The number of hydrogen-bond donors (Lipinski definition) is 0. The first-order valence-electron chi connectivity index (χ1n) is 3.80. The van der Waals surface area contributed by atoms with E-state index in [-0.39, 0.29) is 0 Å². The van der Waals surface area contributed by atoms with Crippen LogP contribution in [-0.4, -0.2) is 0 Å². The molecule has 0 saturated carbocycles. The molecule has 1 aromatic heterocycles. The van der Waals surface area contributed by atoms with Gasteiger partial charge in [0.2, 0.25) is 0 Å². The van der Waals surface area contributed by atoms with Crippen LogP contribution in [0.25, 0.3) is 10.1 Å². The van der Waals surface area contributed by atoms with Gasteiger partial charge in [-0.2, -0.15) is 5.26 Å². The number of hydrogen-bond acceptors (Lipinski definition) is 2. The van der Waals surface area contributed by atoms with E-state index >= 15 is 0 Å². The van der Waals surface area contributed by atoms with E-state index in [0.717, 1.165) is 9.13 Å². The standard InChI is InChI=1S/C10H6INS/c1-6-4-7(5-12)9(11)10-8(6)2-3-13-10/h2-4H,1H3. The van der Waals surface area contributed by atoms with Gasteiger partial charge in [-0.25, -0.2) is 0 Å². The minimum absolute atomic E-state index is 0.785. The van der Waals surface area contributed by atoms with Gasteiger partial charge < -0.3 is 0 Å². The van der Waals surface area contributed by atoms with Gasteiger partial charge in [-0.15, -0.1) is 11.3 Å². The molecule has 64 valence electrons. The van der Waals surface area contributed by atoms with E-state index in [2.05, 4.69) is 40.1 Å². The summed E-state index contributed by atoms with van der Waals surface area (Å²) < 4.78 is 2.31. The molecule has 0 spiro atoms. The molecule has 1 aromatic carbocycles. The molecule has 0 atom stereocenters. The molecule has 0 aliphatic carbocycles. The Bertz CT molecular complexity index is 507. The molecule has 0 bridgehead atoms. The summed E-state index contributed by atoms with van der Waals surface area (Å²) in [6.45, 7) is 2.05. The van der Waals surface area contributed by atoms with Crippen LogP contribution < -0.4 is 0 Å². The topological polar surface area (TPSA) is 23.8 Å². The Morgan fingerprint density at radius 1 is 1.54 bits per heavy atom. The van der Waals surface area contributed by atoms with Crippen molar-refractivity contribution in [2.75, 3.05) is 0 Å². The summed E-state index contributed by atoms with van der Waals surface area (Å²) in [5.74, 6) is 0. The lowest BCUT2D eigenvalue weighted by Crippen LogP contribution is -1.84. The van der Waals surface area contributed by atoms with Gasteiger partial charge in [-0.3, -0.25) is 0 Å². The van der Waals surface area contributed by atoms with Gasteiger partial charge in [0, 0.05) is 8.27 Å². The molecule has 13 heavy (non-hydrogen) atoms. The first-order chi connectivity index (χ1) is 6.24. The first kappa shape index (κ1) is 8.97. The molecule has 3 heteroatoms. The third kappa shape index (κ3) is 1.34. The van der Waals surface area contributed by atoms with Crippen molar-refractivity contribution >= 4 is 44.0 Å². The predicted octanol–water partition coefficient (Wildman–Crippen LogP) is 3.69. The summed E-state index contributed by atoms with van der Waals surface area (Å²) >= 11 is 3.94. The number of fused-ring (bicyclic) bond motifs is 1. The maximum absolute atomic E-state index is 8.89. The maximum Gasteiger partial charge on any atom is 0.100 e. The summed E-state index contributed by atoms with van der Waals surface area (Å²) in [5, 5.41) is 12.2. The maximum atomic E-state index is 8.89. The Labute approximate surface area is 94.1 Å². The fourth-order valence-electron chi connectivity index (χ4n) is 1.35. The zero-order valence-corrected chi connectivity index (χ0v) is 9.94. The zero-order valence-electron chi connectivity index (χ0n) is 6.97. The largest absolute Gasteiger partial charge is 0.192 e. The van der Waals surface area contributed by atoms with Gasteiger partial charge in [0.15, 0.2) is 0 Å². The first-order valence-corrected chi connectivity index (χ1v) is 5.76. The van der Waals surface area contributed by atoms with Gasteiger partial charge in [0.25, 0.3) is 0 Å². The van der Waals surface area contributed by atoms with Crippen molar-refractivity contribution < 1.29 is 0 Å². The van der Waals surface area contributed by atoms with Crippen LogP contribution in [0.5, 0.6) is 0 Å². The summed E-state index contributed by atoms with van der Waals surface area (Å²) in [6, 6.07) is 6.28. The molecule has 0 amide bonds. The van der Waals surface area contributed by atoms with Crippen LogP contribution in [0, 0.1) is 21.8 Å². The molecule has 1 heterocycles. The minimum atomic E-state index is 0.785. The predicted molar refractivity (Wildman–Crippen MR) is 64.0 cm³/mol. The average Bonchev–Trinajstić information content (AvgIpc) is 2.60. The summed E-state index contributed by atoms with van der Waals surface area (Å²) in [6.07, 6.45) is 0. The van der Waals surface area contributed by atoms with E-state index in [0.29, 0.717) is 0 Å². The van der Waals surface area contributed by atoms with E-state index in [4.69, 9.17) is 5.26 Å². The Morgan fingerprint density at radius 3 is 3.00 bits per heavy atom. The molecule has 0 fully saturated rings. The van der Waals surface area contributed by atoms with Gasteiger partial charge in [0.1, 0.15) is 6.07 Å². The average molecular weight is 299 g/mol. The quantitative estimate of drug-likeness (QED) is 0.681. The zero-order chi connectivity index (χ0) is 9.42. The van der Waals surface area contributed by atoms with Crippen molar-refractivity contribution in [2.24, 2.45) is 0 Å². The van der Waals surface area contributed by atoms with E-state index < -0.39 is 0 Å². The molecule has 2 rings (SSSR count). The fraction of sp³-hybridized carbons (Fsp3) is 0.100. The summed E-state index contributed by atoms with van der Waals surface area (Å²) in [7, 11) is 0. The Morgan fingerprint density at radius 2 is 2.31 bits per heavy atom. The van der Waals surface area contributed by atoms with Gasteiger partial charge in [0.05, 0.1) is 5.56 Å². The highest BCUT2D eigenvalue weighted by atomic mass is 127. The Balaban J connectivity index is 2.95. The van der Waals surface area contributed by atoms with Gasteiger partial charge >= 0.3 is 0 Å². The molecular formula is C10H6INS. The monoisotopic (exact) mass is 299 g/mol. The lowest BCUT2D eigenvalue weighted by atomic mass is 10.1. The molecule has 0 aliphatic heterocycles. The number of aryl methyl sites for hydroxylation is 1. The van der Waals surface area contributed by atoms with E-state index in [1.165, 1.54) is 15.6 Å². The number of nitrogens with zero attached hydrogens (tertiary/aromatic N) is 1. The molecule has 0 N–H and O–H groups in total. The highest BCUT2D eigenvalue weighted by molar-refractivity contribution is 14.1. The van der Waals surface area contributed by atoms with Crippen LogP contribution in [0.3, 0.4) is 0 Å². The molecule has 0 unspecified atom stereocenters. The van der Waals surface area contributed by atoms with Crippen LogP contribution in [0.4, 0.5) is 0 Å². The van der Waals surface area contributed by atoms with Crippen molar-refractivity contribution in [1.82, 2.24) is 0 Å². The third-order valence-corrected chi connectivity index (χ3v) is 4.43. The van der Waals surface area contributed by atoms with Crippen molar-refractivity contribution in [2.45, 2.75) is 6.92 Å². The van der Waals surface area contributed by atoms with E-state index in [1.54, 1.807) is 11.3 Å². The van der Waals surface area contributed by atoms with Crippen LogP contribution in [0.1, 0.15) is 11.1 Å². The number of thiophene rings is 1. The van der Waals surface area contributed by atoms with Crippen LogP contribution in [0.2, 0.25) is 0 Å².